The summed E-state index contributed by atoms with van der Waals surface area (Å²) >= 11 is 0. The minimum Gasteiger partial charge on any atom is -0.271 e. The summed E-state index contributed by atoms with van der Waals surface area (Å²) in [5.41, 5.74) is 3.52. The largest absolute Gasteiger partial charge is 0.290 e. The van der Waals surface area contributed by atoms with Crippen LogP contribution in [-0.2, 0) is 14.8 Å². The molecule has 0 radical (unpaired) electrons. The average Bonchev–Trinajstić information content (AvgIpc) is 2.72. The van der Waals surface area contributed by atoms with Crippen LogP contribution in [0.1, 0.15) is 17.4 Å². The van der Waals surface area contributed by atoms with Crippen LogP contribution in [0, 0.1) is 5.82 Å². The van der Waals surface area contributed by atoms with Crippen molar-refractivity contribution in [2.45, 2.75) is 17.9 Å². The van der Waals surface area contributed by atoms with E-state index in [1.807, 2.05) is 4.72 Å². The molecule has 3 aromatic rings. The number of amides is 2. The third-order valence-corrected chi connectivity index (χ3v) is 5.64. The fraction of sp³-hybridized carbons (Fsp3) is 0.111. The molecule has 0 saturated carbocycles. The van der Waals surface area contributed by atoms with Gasteiger partial charge in [0, 0.05) is 5.39 Å². The summed E-state index contributed by atoms with van der Waals surface area (Å²) in [6, 6.07) is 9.60. The average molecular weight is 433 g/mol. The molecule has 4 N–H and O–H groups in total. The summed E-state index contributed by atoms with van der Waals surface area (Å²) in [5.74, 6) is -2.71. The van der Waals surface area contributed by atoms with Gasteiger partial charge in [-0.3, -0.25) is 25.2 Å². The van der Waals surface area contributed by atoms with Gasteiger partial charge in [-0.2, -0.15) is 9.82 Å². The van der Waals surface area contributed by atoms with E-state index in [-0.39, 0.29) is 16.5 Å². The number of carbonyl (C=O) groups excluding carboxylic acids is 2. The normalized spacial score (nSPS) is 12.3. The van der Waals surface area contributed by atoms with Crippen molar-refractivity contribution in [3.05, 3.63) is 70.4 Å². The highest BCUT2D eigenvalue weighted by Gasteiger charge is 2.25. The van der Waals surface area contributed by atoms with Crippen LogP contribution in [0.15, 0.2) is 58.2 Å². The van der Waals surface area contributed by atoms with E-state index in [1.54, 1.807) is 12.1 Å². The van der Waals surface area contributed by atoms with E-state index >= 15 is 0 Å². The van der Waals surface area contributed by atoms with Crippen molar-refractivity contribution in [1.29, 1.82) is 0 Å². The molecule has 3 rings (SSSR count). The quantitative estimate of drug-likeness (QED) is 0.422. The van der Waals surface area contributed by atoms with Crippen molar-refractivity contribution >= 4 is 32.6 Å². The van der Waals surface area contributed by atoms with Crippen LogP contribution in [0.5, 0.6) is 0 Å². The first-order valence-corrected chi connectivity index (χ1v) is 10.0. The van der Waals surface area contributed by atoms with E-state index in [2.05, 4.69) is 21.0 Å². The van der Waals surface area contributed by atoms with Crippen LogP contribution >= 0.6 is 0 Å². The Morgan fingerprint density at radius 3 is 2.37 bits per heavy atom. The van der Waals surface area contributed by atoms with Crippen molar-refractivity contribution < 1.29 is 22.4 Å². The number of hydrazine groups is 1. The number of halogens is 1. The molecule has 1 aromatic heterocycles. The number of H-pyrrole nitrogens is 1. The predicted octanol–water partition coefficient (Wildman–Crippen LogP) is 0.190. The number of hydrogen-bond donors (Lipinski definition) is 4. The monoisotopic (exact) mass is 433 g/mol. The molecule has 0 unspecified atom stereocenters. The van der Waals surface area contributed by atoms with Gasteiger partial charge >= 0.3 is 0 Å². The highest BCUT2D eigenvalue weighted by atomic mass is 32.2. The van der Waals surface area contributed by atoms with Gasteiger partial charge in [0.25, 0.3) is 17.4 Å². The Balaban J connectivity index is 1.69. The van der Waals surface area contributed by atoms with Gasteiger partial charge in [-0.1, -0.05) is 30.3 Å². The molecule has 2 aromatic carbocycles. The molecule has 10 nitrogen and oxygen atoms in total. The second kappa shape index (κ2) is 8.39. The maximum absolute atomic E-state index is 13.7. The maximum Gasteiger partial charge on any atom is 0.290 e. The summed E-state index contributed by atoms with van der Waals surface area (Å²) in [7, 11) is -4.31. The third-order valence-electron chi connectivity index (χ3n) is 4.06. The fourth-order valence-corrected chi connectivity index (χ4v) is 3.87. The lowest BCUT2D eigenvalue weighted by Gasteiger charge is -2.15. The first-order valence-electron chi connectivity index (χ1n) is 8.55. The third kappa shape index (κ3) is 4.34. The van der Waals surface area contributed by atoms with Gasteiger partial charge in [0.05, 0.1) is 11.4 Å². The number of hydrogen-bond acceptors (Lipinski definition) is 6. The van der Waals surface area contributed by atoms with Crippen LogP contribution in [0.25, 0.3) is 10.8 Å². The lowest BCUT2D eigenvalue weighted by Crippen LogP contribution is -2.51. The lowest BCUT2D eigenvalue weighted by molar-refractivity contribution is -0.123. The number of fused-ring (bicyclic) bond motifs is 1. The van der Waals surface area contributed by atoms with Gasteiger partial charge in [0.1, 0.15) is 10.7 Å². The predicted molar refractivity (Wildman–Crippen MR) is 104 cm³/mol. The zero-order chi connectivity index (χ0) is 21.9. The first kappa shape index (κ1) is 21.1. The summed E-state index contributed by atoms with van der Waals surface area (Å²) < 4.78 is 40.2. The van der Waals surface area contributed by atoms with Gasteiger partial charge in [-0.05, 0) is 25.1 Å². The summed E-state index contributed by atoms with van der Waals surface area (Å²) in [6.45, 7) is 1.22. The molecule has 0 fully saturated rings. The van der Waals surface area contributed by atoms with Gasteiger partial charge in [-0.25, -0.2) is 17.9 Å². The highest BCUT2D eigenvalue weighted by Crippen LogP contribution is 2.14. The Labute approximate surface area is 169 Å². The molecule has 0 spiro atoms. The highest BCUT2D eigenvalue weighted by molar-refractivity contribution is 7.89. The maximum atomic E-state index is 13.7. The van der Waals surface area contributed by atoms with Crippen LogP contribution in [0.4, 0.5) is 4.39 Å². The zero-order valence-corrected chi connectivity index (χ0v) is 16.3. The van der Waals surface area contributed by atoms with E-state index < -0.39 is 44.2 Å². The number of nitrogens with zero attached hydrogens (tertiary/aromatic N) is 1. The van der Waals surface area contributed by atoms with Crippen LogP contribution in [-0.4, -0.2) is 36.5 Å². The molecule has 0 bridgehead atoms. The van der Waals surface area contributed by atoms with Crippen LogP contribution in [0.2, 0.25) is 0 Å². The van der Waals surface area contributed by atoms with Crippen molar-refractivity contribution in [3.63, 3.8) is 0 Å². The smallest absolute Gasteiger partial charge is 0.271 e. The van der Waals surface area contributed by atoms with Gasteiger partial charge in [0.2, 0.25) is 10.0 Å². The molecule has 1 atom stereocenters. The molecule has 1 heterocycles. The SMILES string of the molecule is C[C@H](NS(=O)(=O)c1ccccc1F)C(=O)NNC(=O)c1n[nH]c(=O)c2ccccc12. The molecule has 0 aliphatic carbocycles. The van der Waals surface area contributed by atoms with Gasteiger partial charge in [-0.15, -0.1) is 0 Å². The van der Waals surface area contributed by atoms with Crippen molar-refractivity contribution in [2.75, 3.05) is 0 Å². The molecular weight excluding hydrogens is 417 g/mol. The van der Waals surface area contributed by atoms with Gasteiger partial charge in [0.15, 0.2) is 5.69 Å². The Hall–Kier alpha value is -3.64. The van der Waals surface area contributed by atoms with Crippen LogP contribution < -0.4 is 21.1 Å². The van der Waals surface area contributed by atoms with Crippen molar-refractivity contribution in [3.8, 4) is 0 Å². The van der Waals surface area contributed by atoms with Gasteiger partial charge < -0.3 is 0 Å². The van der Waals surface area contributed by atoms with E-state index in [0.29, 0.717) is 0 Å². The number of sulfonamides is 1. The Morgan fingerprint density at radius 1 is 1.03 bits per heavy atom. The summed E-state index contributed by atoms with van der Waals surface area (Å²) in [6.07, 6.45) is 0. The van der Waals surface area contributed by atoms with E-state index in [4.69, 9.17) is 0 Å². The Kier molecular flexibility index (Phi) is 5.89. The molecule has 30 heavy (non-hydrogen) atoms. The molecule has 0 aliphatic rings. The molecule has 2 amide bonds. The summed E-state index contributed by atoms with van der Waals surface area (Å²) in [4.78, 5) is 35.7. The van der Waals surface area contributed by atoms with Crippen molar-refractivity contribution in [2.24, 2.45) is 0 Å². The number of carbonyl (C=O) groups is 2. The first-order chi connectivity index (χ1) is 14.2. The van der Waals surface area contributed by atoms with Crippen molar-refractivity contribution in [1.82, 2.24) is 25.8 Å². The Bertz CT molecular complexity index is 1290. The second-order valence-electron chi connectivity index (χ2n) is 6.16. The minimum absolute atomic E-state index is 0.148. The standard InChI is InChI=1S/C18H16FN5O5S/c1-10(24-30(28,29)14-9-5-4-8-13(14)19)16(25)21-23-18(27)15-11-6-2-3-7-12(11)17(26)22-20-15/h2-10,24H,1H3,(H,21,25)(H,22,26)(H,23,27)/t10-/m0/s1. The second-order valence-corrected chi connectivity index (χ2v) is 7.85. The summed E-state index contributed by atoms with van der Waals surface area (Å²) in [5, 5.41) is 6.36. The number of nitrogens with one attached hydrogen (secondary N) is 4. The molecule has 0 saturated heterocycles. The molecule has 12 heteroatoms. The van der Waals surface area contributed by atoms with E-state index in [0.717, 1.165) is 12.1 Å². The fourth-order valence-electron chi connectivity index (χ4n) is 2.59. The zero-order valence-electron chi connectivity index (χ0n) is 15.5. The molecule has 156 valence electrons. The lowest BCUT2D eigenvalue weighted by atomic mass is 10.1. The molecule has 0 aliphatic heterocycles. The number of benzene rings is 2. The van der Waals surface area contributed by atoms with E-state index in [1.165, 1.54) is 31.2 Å². The number of rotatable bonds is 5. The topological polar surface area (TPSA) is 150 Å². The van der Waals surface area contributed by atoms with E-state index in [9.17, 15) is 27.2 Å². The number of aromatic amines is 1. The molecular formula is C18H16FN5O5S. The minimum atomic E-state index is -4.31. The Morgan fingerprint density at radius 2 is 1.67 bits per heavy atom. The number of aromatic nitrogens is 2. The van der Waals surface area contributed by atoms with Crippen LogP contribution in [0.3, 0.4) is 0 Å².